The summed E-state index contributed by atoms with van der Waals surface area (Å²) in [5, 5.41) is 8.69. The van der Waals surface area contributed by atoms with Crippen LogP contribution >= 0.6 is 0 Å². The molecule has 60 valence electrons. The Bertz CT molecular complexity index is 179. The maximum atomic E-state index is 8.69. The molecule has 0 heterocycles. The molecule has 11 heavy (non-hydrogen) atoms. The Hall–Kier alpha value is -1.03. The topological polar surface area (TPSA) is 23.8 Å². The molecule has 0 aliphatic heterocycles. The molecule has 0 aliphatic rings. The predicted molar refractivity (Wildman–Crippen MR) is 48.0 cm³/mol. The SMILES string of the molecule is C=C(C)CC(C#N)CC(=C)C. The lowest BCUT2D eigenvalue weighted by Crippen LogP contribution is -1.97. The molecule has 0 N–H and O–H groups in total. The average Bonchev–Trinajstić information content (AvgIpc) is 1.84. The van der Waals surface area contributed by atoms with Crippen LogP contribution in [0.25, 0.3) is 0 Å². The highest BCUT2D eigenvalue weighted by Gasteiger charge is 2.06. The van der Waals surface area contributed by atoms with Crippen molar-refractivity contribution in [1.82, 2.24) is 0 Å². The standard InChI is InChI=1S/C10H15N/c1-8(2)5-10(7-11)6-9(3)4/h10H,1,3,5-6H2,2,4H3. The average molecular weight is 149 g/mol. The smallest absolute Gasteiger partial charge is 0.0662 e. The van der Waals surface area contributed by atoms with Crippen molar-refractivity contribution in [2.75, 3.05) is 0 Å². The highest BCUT2D eigenvalue weighted by atomic mass is 14.3. The molecule has 0 aromatic rings. The molecule has 0 rings (SSSR count). The summed E-state index contributed by atoms with van der Waals surface area (Å²) in [4.78, 5) is 0. The first-order chi connectivity index (χ1) is 5.06. The van der Waals surface area contributed by atoms with Crippen molar-refractivity contribution in [2.24, 2.45) is 5.92 Å². The Balaban J connectivity index is 3.89. The maximum absolute atomic E-state index is 8.69. The van der Waals surface area contributed by atoms with Gasteiger partial charge < -0.3 is 0 Å². The normalized spacial score (nSPS) is 9.27. The molecule has 0 spiro atoms. The van der Waals surface area contributed by atoms with Crippen LogP contribution in [0.4, 0.5) is 0 Å². The van der Waals surface area contributed by atoms with Crippen molar-refractivity contribution < 1.29 is 0 Å². The van der Waals surface area contributed by atoms with E-state index < -0.39 is 0 Å². The van der Waals surface area contributed by atoms with E-state index in [0.717, 1.165) is 24.0 Å². The molecule has 0 saturated carbocycles. The molecule has 0 aromatic carbocycles. The summed E-state index contributed by atoms with van der Waals surface area (Å²) in [5.74, 6) is 0.0741. The van der Waals surface area contributed by atoms with Gasteiger partial charge in [-0.3, -0.25) is 0 Å². The number of hydrogen-bond donors (Lipinski definition) is 0. The van der Waals surface area contributed by atoms with E-state index in [4.69, 9.17) is 5.26 Å². The van der Waals surface area contributed by atoms with Crippen molar-refractivity contribution >= 4 is 0 Å². The molecule has 0 aromatic heterocycles. The van der Waals surface area contributed by atoms with Gasteiger partial charge in [-0.15, -0.1) is 13.2 Å². The third-order valence-corrected chi connectivity index (χ3v) is 1.37. The van der Waals surface area contributed by atoms with Gasteiger partial charge in [-0.1, -0.05) is 11.1 Å². The zero-order valence-corrected chi connectivity index (χ0v) is 7.35. The lowest BCUT2D eigenvalue weighted by molar-refractivity contribution is 0.651. The monoisotopic (exact) mass is 149 g/mol. The van der Waals surface area contributed by atoms with Crippen molar-refractivity contribution in [3.8, 4) is 6.07 Å². The van der Waals surface area contributed by atoms with Crippen LogP contribution in [-0.4, -0.2) is 0 Å². The van der Waals surface area contributed by atoms with Crippen molar-refractivity contribution in [1.29, 1.82) is 5.26 Å². The fraction of sp³-hybridized carbons (Fsp3) is 0.500. The van der Waals surface area contributed by atoms with Gasteiger partial charge in [-0.05, 0) is 26.7 Å². The van der Waals surface area contributed by atoms with Gasteiger partial charge in [0.05, 0.1) is 12.0 Å². The van der Waals surface area contributed by atoms with Crippen LogP contribution < -0.4 is 0 Å². The van der Waals surface area contributed by atoms with Gasteiger partial charge in [0.2, 0.25) is 0 Å². The summed E-state index contributed by atoms with van der Waals surface area (Å²) >= 11 is 0. The van der Waals surface area contributed by atoms with Crippen molar-refractivity contribution in [2.45, 2.75) is 26.7 Å². The third kappa shape index (κ3) is 5.42. The second kappa shape index (κ2) is 4.73. The van der Waals surface area contributed by atoms with Crippen LogP contribution in [0.3, 0.4) is 0 Å². The fourth-order valence-electron chi connectivity index (χ4n) is 1.00. The van der Waals surface area contributed by atoms with Gasteiger partial charge in [0.15, 0.2) is 0 Å². The maximum Gasteiger partial charge on any atom is 0.0662 e. The third-order valence-electron chi connectivity index (χ3n) is 1.37. The van der Waals surface area contributed by atoms with Crippen LogP contribution in [0.1, 0.15) is 26.7 Å². The van der Waals surface area contributed by atoms with Crippen LogP contribution in [0.5, 0.6) is 0 Å². The quantitative estimate of drug-likeness (QED) is 0.563. The Morgan fingerprint density at radius 1 is 1.27 bits per heavy atom. The zero-order chi connectivity index (χ0) is 8.85. The Morgan fingerprint density at radius 2 is 1.64 bits per heavy atom. The largest absolute Gasteiger partial charge is 0.198 e. The Labute approximate surface area is 69.0 Å². The van der Waals surface area contributed by atoms with E-state index in [-0.39, 0.29) is 5.92 Å². The minimum absolute atomic E-state index is 0.0741. The number of hydrogen-bond acceptors (Lipinski definition) is 1. The molecular weight excluding hydrogens is 134 g/mol. The molecule has 0 saturated heterocycles. The van der Waals surface area contributed by atoms with Gasteiger partial charge in [0.1, 0.15) is 0 Å². The van der Waals surface area contributed by atoms with Gasteiger partial charge in [0, 0.05) is 0 Å². The van der Waals surface area contributed by atoms with Crippen LogP contribution in [0, 0.1) is 17.2 Å². The molecule has 1 nitrogen and oxygen atoms in total. The van der Waals surface area contributed by atoms with E-state index in [1.165, 1.54) is 0 Å². The lowest BCUT2D eigenvalue weighted by atomic mass is 9.96. The van der Waals surface area contributed by atoms with Crippen LogP contribution in [0.15, 0.2) is 24.3 Å². The summed E-state index contributed by atoms with van der Waals surface area (Å²) in [7, 11) is 0. The van der Waals surface area contributed by atoms with E-state index in [2.05, 4.69) is 19.2 Å². The van der Waals surface area contributed by atoms with Crippen LogP contribution in [0.2, 0.25) is 0 Å². The van der Waals surface area contributed by atoms with Gasteiger partial charge in [-0.25, -0.2) is 0 Å². The first kappa shape index (κ1) is 9.97. The summed E-state index contributed by atoms with van der Waals surface area (Å²) in [6.07, 6.45) is 1.59. The zero-order valence-electron chi connectivity index (χ0n) is 7.35. The fourth-order valence-corrected chi connectivity index (χ4v) is 1.00. The van der Waals surface area contributed by atoms with E-state index in [1.54, 1.807) is 0 Å². The highest BCUT2D eigenvalue weighted by molar-refractivity contribution is 5.03. The summed E-state index contributed by atoms with van der Waals surface area (Å²) in [6.45, 7) is 11.4. The lowest BCUT2D eigenvalue weighted by Gasteiger charge is -2.07. The molecule has 0 atom stereocenters. The molecule has 0 bridgehead atoms. The van der Waals surface area contributed by atoms with Crippen molar-refractivity contribution in [3.63, 3.8) is 0 Å². The molecule has 0 amide bonds. The molecule has 0 radical (unpaired) electrons. The molecule has 0 unspecified atom stereocenters. The highest BCUT2D eigenvalue weighted by Crippen LogP contribution is 2.16. The van der Waals surface area contributed by atoms with E-state index >= 15 is 0 Å². The van der Waals surface area contributed by atoms with Gasteiger partial charge in [0.25, 0.3) is 0 Å². The van der Waals surface area contributed by atoms with Gasteiger partial charge >= 0.3 is 0 Å². The predicted octanol–water partition coefficient (Wildman–Crippen LogP) is 3.06. The van der Waals surface area contributed by atoms with E-state index in [0.29, 0.717) is 0 Å². The minimum atomic E-state index is 0.0741. The Kier molecular flexibility index (Phi) is 4.29. The first-order valence-corrected chi connectivity index (χ1v) is 3.74. The second-order valence-corrected chi connectivity index (χ2v) is 3.15. The van der Waals surface area contributed by atoms with E-state index in [9.17, 15) is 0 Å². The number of nitriles is 1. The second-order valence-electron chi connectivity index (χ2n) is 3.15. The Morgan fingerprint density at radius 3 is 1.82 bits per heavy atom. The summed E-state index contributed by atoms with van der Waals surface area (Å²) in [6, 6.07) is 2.24. The number of rotatable bonds is 4. The summed E-state index contributed by atoms with van der Waals surface area (Å²) < 4.78 is 0. The van der Waals surface area contributed by atoms with E-state index in [1.807, 2.05) is 13.8 Å². The van der Waals surface area contributed by atoms with Crippen LogP contribution in [-0.2, 0) is 0 Å². The summed E-state index contributed by atoms with van der Waals surface area (Å²) in [5.41, 5.74) is 2.13. The molecular formula is C10H15N. The van der Waals surface area contributed by atoms with Crippen molar-refractivity contribution in [3.05, 3.63) is 24.3 Å². The first-order valence-electron chi connectivity index (χ1n) is 3.74. The minimum Gasteiger partial charge on any atom is -0.198 e. The number of allylic oxidation sites excluding steroid dienone is 2. The van der Waals surface area contributed by atoms with Gasteiger partial charge in [-0.2, -0.15) is 5.26 Å². The molecule has 1 heteroatoms. The molecule has 0 aliphatic carbocycles. The molecule has 0 fully saturated rings. The number of nitrogens with zero attached hydrogens (tertiary/aromatic N) is 1.